The van der Waals surface area contributed by atoms with E-state index >= 15 is 0 Å². The third kappa shape index (κ3) is 2.46. The van der Waals surface area contributed by atoms with E-state index in [0.29, 0.717) is 16.8 Å². The fraction of sp³-hybridized carbons (Fsp3) is 0.105. The highest BCUT2D eigenvalue weighted by Crippen LogP contribution is 2.41. The van der Waals surface area contributed by atoms with Crippen LogP contribution in [0.25, 0.3) is 10.8 Å². The molecule has 0 saturated heterocycles. The molecule has 0 fully saturated rings. The average molecular weight is 352 g/mol. The molecule has 0 radical (unpaired) electrons. The fourth-order valence-corrected chi connectivity index (χ4v) is 4.83. The van der Waals surface area contributed by atoms with Gasteiger partial charge in [-0.3, -0.25) is 9.10 Å². The van der Waals surface area contributed by atoms with Crippen LogP contribution in [-0.2, 0) is 14.8 Å². The van der Waals surface area contributed by atoms with E-state index in [2.05, 4.69) is 5.32 Å². The van der Waals surface area contributed by atoms with Crippen LogP contribution in [0.15, 0.2) is 65.6 Å². The highest BCUT2D eigenvalue weighted by atomic mass is 32.2. The normalized spacial score (nSPS) is 14.7. The zero-order chi connectivity index (χ0) is 17.6. The largest absolute Gasteiger partial charge is 0.324 e. The summed E-state index contributed by atoms with van der Waals surface area (Å²) >= 11 is 0. The van der Waals surface area contributed by atoms with Gasteiger partial charge in [0, 0.05) is 11.1 Å². The van der Waals surface area contributed by atoms with E-state index in [4.69, 9.17) is 0 Å². The van der Waals surface area contributed by atoms with Gasteiger partial charge in [-0.1, -0.05) is 42.5 Å². The number of carbonyl (C=O) groups is 1. The van der Waals surface area contributed by atoms with E-state index in [9.17, 15) is 13.2 Å². The minimum atomic E-state index is -3.72. The average Bonchev–Trinajstić information content (AvgIpc) is 2.81. The Balaban J connectivity index is 1.69. The molecule has 4 rings (SSSR count). The predicted octanol–water partition coefficient (Wildman–Crippen LogP) is 3.30. The fourth-order valence-electron chi connectivity index (χ4n) is 3.16. The van der Waals surface area contributed by atoms with Gasteiger partial charge in [-0.05, 0) is 36.1 Å². The molecular weight excluding hydrogens is 336 g/mol. The van der Waals surface area contributed by atoms with Crippen molar-refractivity contribution in [3.63, 3.8) is 0 Å². The Hall–Kier alpha value is -2.86. The quantitative estimate of drug-likeness (QED) is 0.786. The second-order valence-electron chi connectivity index (χ2n) is 6.01. The molecule has 1 aliphatic rings. The minimum absolute atomic E-state index is 0.254. The summed E-state index contributed by atoms with van der Waals surface area (Å²) in [4.78, 5) is 12.7. The molecule has 0 bridgehead atoms. The number of para-hydroxylation sites is 1. The van der Waals surface area contributed by atoms with Crippen LogP contribution in [0.3, 0.4) is 0 Å². The molecule has 25 heavy (non-hydrogen) atoms. The van der Waals surface area contributed by atoms with Crippen LogP contribution in [0.1, 0.15) is 5.56 Å². The van der Waals surface area contributed by atoms with E-state index in [1.807, 2.05) is 37.3 Å². The molecule has 1 aliphatic heterocycles. The smallest absolute Gasteiger partial charge is 0.265 e. The molecule has 3 aromatic rings. The number of benzene rings is 3. The summed E-state index contributed by atoms with van der Waals surface area (Å²) in [7, 11) is -3.72. The maximum atomic E-state index is 12.9. The SMILES string of the molecule is Cc1ccccc1NC(=O)CN1c2cccc3cccc(c23)S1(=O)=O. The molecule has 0 spiro atoms. The van der Waals surface area contributed by atoms with Crippen molar-refractivity contribution in [1.82, 2.24) is 0 Å². The Morgan fingerprint density at radius 2 is 1.72 bits per heavy atom. The summed E-state index contributed by atoms with van der Waals surface area (Å²) in [5.41, 5.74) is 2.15. The molecule has 1 heterocycles. The van der Waals surface area contributed by atoms with Gasteiger partial charge in [-0.25, -0.2) is 8.42 Å². The standard InChI is InChI=1S/C19H16N2O3S/c1-13-6-2-3-9-15(13)20-18(22)12-21-16-10-4-7-14-8-5-11-17(19(14)16)25(21,23)24/h2-11H,12H2,1H3,(H,20,22). The number of hydrogen-bond acceptors (Lipinski definition) is 3. The number of carbonyl (C=O) groups excluding carboxylic acids is 1. The first kappa shape index (κ1) is 15.7. The molecule has 0 saturated carbocycles. The molecular formula is C19H16N2O3S. The molecule has 1 N–H and O–H groups in total. The number of nitrogens with one attached hydrogen (secondary N) is 1. The van der Waals surface area contributed by atoms with Crippen LogP contribution < -0.4 is 9.62 Å². The van der Waals surface area contributed by atoms with Crippen molar-refractivity contribution in [2.75, 3.05) is 16.2 Å². The summed E-state index contributed by atoms with van der Waals surface area (Å²) < 4.78 is 26.9. The van der Waals surface area contributed by atoms with Crippen molar-refractivity contribution in [1.29, 1.82) is 0 Å². The Kier molecular flexibility index (Phi) is 3.51. The maximum Gasteiger partial charge on any atom is 0.265 e. The number of aryl methyl sites for hydroxylation is 1. The first-order valence-electron chi connectivity index (χ1n) is 7.88. The molecule has 6 heteroatoms. The van der Waals surface area contributed by atoms with Gasteiger partial charge in [0.1, 0.15) is 6.54 Å². The van der Waals surface area contributed by atoms with Crippen LogP contribution in [0.5, 0.6) is 0 Å². The lowest BCUT2D eigenvalue weighted by molar-refractivity contribution is -0.114. The Morgan fingerprint density at radius 3 is 2.48 bits per heavy atom. The molecule has 3 aromatic carbocycles. The lowest BCUT2D eigenvalue weighted by Gasteiger charge is -2.18. The van der Waals surface area contributed by atoms with E-state index in [0.717, 1.165) is 10.9 Å². The van der Waals surface area contributed by atoms with Crippen molar-refractivity contribution in [3.05, 3.63) is 66.2 Å². The van der Waals surface area contributed by atoms with Crippen LogP contribution in [0, 0.1) is 6.92 Å². The first-order chi connectivity index (χ1) is 12.0. The molecule has 0 atom stereocenters. The van der Waals surface area contributed by atoms with E-state index in [1.165, 1.54) is 4.31 Å². The minimum Gasteiger partial charge on any atom is -0.324 e. The number of hydrogen-bond donors (Lipinski definition) is 1. The second-order valence-corrected chi connectivity index (χ2v) is 7.84. The number of rotatable bonds is 3. The third-order valence-electron chi connectivity index (χ3n) is 4.39. The van der Waals surface area contributed by atoms with E-state index in [1.54, 1.807) is 30.3 Å². The molecule has 0 aromatic heterocycles. The van der Waals surface area contributed by atoms with Crippen LogP contribution >= 0.6 is 0 Å². The van der Waals surface area contributed by atoms with Gasteiger partial charge >= 0.3 is 0 Å². The van der Waals surface area contributed by atoms with Gasteiger partial charge in [0.05, 0.1) is 10.6 Å². The molecule has 5 nitrogen and oxygen atoms in total. The van der Waals surface area contributed by atoms with E-state index < -0.39 is 10.0 Å². The highest BCUT2D eigenvalue weighted by molar-refractivity contribution is 7.93. The first-order valence-corrected chi connectivity index (χ1v) is 9.32. The van der Waals surface area contributed by atoms with Gasteiger partial charge < -0.3 is 5.32 Å². The number of sulfonamides is 1. The van der Waals surface area contributed by atoms with Crippen LogP contribution in [0.2, 0.25) is 0 Å². The summed E-state index contributed by atoms with van der Waals surface area (Å²) in [6, 6.07) is 18.0. The van der Waals surface area contributed by atoms with Gasteiger partial charge in [0.15, 0.2) is 0 Å². The van der Waals surface area contributed by atoms with Gasteiger partial charge in [-0.15, -0.1) is 0 Å². The summed E-state index contributed by atoms with van der Waals surface area (Å²) in [6.45, 7) is 1.63. The number of amides is 1. The zero-order valence-electron chi connectivity index (χ0n) is 13.6. The van der Waals surface area contributed by atoms with Crippen molar-refractivity contribution in [2.24, 2.45) is 0 Å². The Labute approximate surface area is 145 Å². The predicted molar refractivity (Wildman–Crippen MR) is 98.3 cm³/mol. The van der Waals surface area contributed by atoms with Crippen LogP contribution in [0.4, 0.5) is 11.4 Å². The Morgan fingerprint density at radius 1 is 1.00 bits per heavy atom. The summed E-state index contributed by atoms with van der Waals surface area (Å²) in [5.74, 6) is -0.373. The molecule has 1 amide bonds. The molecule has 126 valence electrons. The van der Waals surface area contributed by atoms with Crippen LogP contribution in [-0.4, -0.2) is 20.9 Å². The van der Waals surface area contributed by atoms with Crippen molar-refractivity contribution in [2.45, 2.75) is 11.8 Å². The van der Waals surface area contributed by atoms with Crippen molar-refractivity contribution < 1.29 is 13.2 Å². The molecule has 0 unspecified atom stereocenters. The lowest BCUT2D eigenvalue weighted by atomic mass is 10.1. The third-order valence-corrected chi connectivity index (χ3v) is 6.19. The highest BCUT2D eigenvalue weighted by Gasteiger charge is 2.36. The monoisotopic (exact) mass is 352 g/mol. The summed E-state index contributed by atoms with van der Waals surface area (Å²) in [5, 5.41) is 4.31. The summed E-state index contributed by atoms with van der Waals surface area (Å²) in [6.07, 6.45) is 0. The van der Waals surface area contributed by atoms with E-state index in [-0.39, 0.29) is 17.3 Å². The number of anilines is 2. The van der Waals surface area contributed by atoms with Crippen molar-refractivity contribution in [3.8, 4) is 0 Å². The Bertz CT molecular complexity index is 1100. The molecule has 0 aliphatic carbocycles. The van der Waals surface area contributed by atoms with Crippen molar-refractivity contribution >= 4 is 38.1 Å². The van der Waals surface area contributed by atoms with Gasteiger partial charge in [0.2, 0.25) is 5.91 Å². The van der Waals surface area contributed by atoms with Gasteiger partial charge in [-0.2, -0.15) is 0 Å². The lowest BCUT2D eigenvalue weighted by Crippen LogP contribution is -2.35. The maximum absolute atomic E-state index is 12.9. The number of nitrogens with zero attached hydrogens (tertiary/aromatic N) is 1. The van der Waals surface area contributed by atoms with Gasteiger partial charge in [0.25, 0.3) is 10.0 Å². The topological polar surface area (TPSA) is 66.5 Å². The zero-order valence-corrected chi connectivity index (χ0v) is 14.4. The second kappa shape index (κ2) is 5.60.